The van der Waals surface area contributed by atoms with Crippen LogP contribution in [0.15, 0.2) is 0 Å². The molecule has 1 saturated carbocycles. The molecule has 3 unspecified atom stereocenters. The molecule has 0 aromatic rings. The van der Waals surface area contributed by atoms with Gasteiger partial charge in [-0.1, -0.05) is 20.3 Å². The number of aliphatic hydroxyl groups excluding tert-OH is 1. The smallest absolute Gasteiger partial charge is 0.0434 e. The van der Waals surface area contributed by atoms with E-state index in [1.54, 1.807) is 0 Å². The van der Waals surface area contributed by atoms with Crippen LogP contribution in [0.1, 0.15) is 46.0 Å². The Hall–Kier alpha value is -0.0800. The van der Waals surface area contributed by atoms with E-state index in [4.69, 9.17) is 5.11 Å². The predicted molar refractivity (Wildman–Crippen MR) is 60.3 cm³/mol. The lowest BCUT2D eigenvalue weighted by Crippen LogP contribution is -2.31. The molecule has 0 amide bonds. The van der Waals surface area contributed by atoms with Gasteiger partial charge in [-0.3, -0.25) is 0 Å². The van der Waals surface area contributed by atoms with Gasteiger partial charge in [0.15, 0.2) is 0 Å². The average Bonchev–Trinajstić information content (AvgIpc) is 2.59. The minimum Gasteiger partial charge on any atom is -0.396 e. The molecule has 0 bridgehead atoms. The van der Waals surface area contributed by atoms with E-state index in [1.807, 2.05) is 0 Å². The minimum absolute atomic E-state index is 0.335. The molecule has 2 N–H and O–H groups in total. The molecule has 0 aromatic carbocycles. The Morgan fingerprint density at radius 2 is 2.21 bits per heavy atom. The molecule has 0 aromatic heterocycles. The Kier molecular flexibility index (Phi) is 5.49. The molecular formula is C12H25NO. The van der Waals surface area contributed by atoms with Gasteiger partial charge in [0, 0.05) is 12.6 Å². The molecule has 0 aliphatic heterocycles. The van der Waals surface area contributed by atoms with Crippen LogP contribution in [0.5, 0.6) is 0 Å². The number of hydrogen-bond donors (Lipinski definition) is 2. The molecule has 0 spiro atoms. The summed E-state index contributed by atoms with van der Waals surface area (Å²) in [5.41, 5.74) is 0. The van der Waals surface area contributed by atoms with Crippen LogP contribution in [0, 0.1) is 11.8 Å². The van der Waals surface area contributed by atoms with Crippen LogP contribution >= 0.6 is 0 Å². The van der Waals surface area contributed by atoms with Gasteiger partial charge in [-0.15, -0.1) is 0 Å². The Labute approximate surface area is 88.1 Å². The number of rotatable bonds is 6. The molecule has 14 heavy (non-hydrogen) atoms. The van der Waals surface area contributed by atoms with Gasteiger partial charge in [-0.25, -0.2) is 0 Å². The summed E-state index contributed by atoms with van der Waals surface area (Å²) in [6, 6.07) is 0.748. The van der Waals surface area contributed by atoms with Crippen LogP contribution in [-0.2, 0) is 0 Å². The van der Waals surface area contributed by atoms with Crippen molar-refractivity contribution in [3.8, 4) is 0 Å². The zero-order chi connectivity index (χ0) is 10.4. The zero-order valence-electron chi connectivity index (χ0n) is 9.63. The minimum atomic E-state index is 0.335. The fourth-order valence-corrected chi connectivity index (χ4v) is 2.36. The molecule has 1 rings (SSSR count). The molecule has 1 aliphatic rings. The highest BCUT2D eigenvalue weighted by atomic mass is 16.3. The first-order valence-electron chi connectivity index (χ1n) is 6.10. The third-order valence-electron chi connectivity index (χ3n) is 3.50. The van der Waals surface area contributed by atoms with Gasteiger partial charge in [0.1, 0.15) is 0 Å². The van der Waals surface area contributed by atoms with Crippen LogP contribution in [0.2, 0.25) is 0 Å². The van der Waals surface area contributed by atoms with Crippen LogP contribution in [0.4, 0.5) is 0 Å². The van der Waals surface area contributed by atoms with Crippen molar-refractivity contribution in [2.75, 3.05) is 13.2 Å². The molecule has 84 valence electrons. The SMILES string of the molecule is CCC(CCO)CNC1CCC(C)C1. The van der Waals surface area contributed by atoms with Gasteiger partial charge in [0.2, 0.25) is 0 Å². The lowest BCUT2D eigenvalue weighted by molar-refractivity contribution is 0.248. The molecule has 1 aliphatic carbocycles. The predicted octanol–water partition coefficient (Wildman–Crippen LogP) is 2.17. The van der Waals surface area contributed by atoms with Crippen LogP contribution in [0.3, 0.4) is 0 Å². The van der Waals surface area contributed by atoms with Crippen molar-refractivity contribution in [1.29, 1.82) is 0 Å². The van der Waals surface area contributed by atoms with Crippen molar-refractivity contribution in [3.05, 3.63) is 0 Å². The van der Waals surface area contributed by atoms with E-state index in [0.717, 1.165) is 24.9 Å². The molecule has 0 saturated heterocycles. The van der Waals surface area contributed by atoms with Gasteiger partial charge in [-0.05, 0) is 44.1 Å². The molecule has 0 heterocycles. The zero-order valence-corrected chi connectivity index (χ0v) is 9.63. The Morgan fingerprint density at radius 3 is 2.71 bits per heavy atom. The monoisotopic (exact) mass is 199 g/mol. The second kappa shape index (κ2) is 6.41. The summed E-state index contributed by atoms with van der Waals surface area (Å²) in [6.45, 7) is 5.97. The molecule has 2 nitrogen and oxygen atoms in total. The summed E-state index contributed by atoms with van der Waals surface area (Å²) in [5, 5.41) is 12.5. The first-order chi connectivity index (χ1) is 6.76. The number of nitrogens with one attached hydrogen (secondary N) is 1. The fourth-order valence-electron chi connectivity index (χ4n) is 2.36. The Morgan fingerprint density at radius 1 is 1.43 bits per heavy atom. The largest absolute Gasteiger partial charge is 0.396 e. The van der Waals surface area contributed by atoms with Gasteiger partial charge in [0.05, 0.1) is 0 Å². The summed E-state index contributed by atoms with van der Waals surface area (Å²) >= 11 is 0. The highest BCUT2D eigenvalue weighted by molar-refractivity contribution is 4.79. The van der Waals surface area contributed by atoms with Gasteiger partial charge >= 0.3 is 0 Å². The normalized spacial score (nSPS) is 29.4. The van der Waals surface area contributed by atoms with E-state index in [9.17, 15) is 0 Å². The molecule has 0 radical (unpaired) electrons. The van der Waals surface area contributed by atoms with Crippen molar-refractivity contribution in [1.82, 2.24) is 5.32 Å². The van der Waals surface area contributed by atoms with Crippen molar-refractivity contribution in [2.45, 2.75) is 52.0 Å². The maximum absolute atomic E-state index is 8.87. The van der Waals surface area contributed by atoms with E-state index in [1.165, 1.54) is 25.7 Å². The van der Waals surface area contributed by atoms with E-state index in [2.05, 4.69) is 19.2 Å². The first-order valence-corrected chi connectivity index (χ1v) is 6.10. The van der Waals surface area contributed by atoms with Crippen molar-refractivity contribution < 1.29 is 5.11 Å². The highest BCUT2D eigenvalue weighted by Crippen LogP contribution is 2.24. The van der Waals surface area contributed by atoms with Crippen molar-refractivity contribution in [2.24, 2.45) is 11.8 Å². The molecule has 1 fully saturated rings. The van der Waals surface area contributed by atoms with E-state index in [-0.39, 0.29) is 0 Å². The fraction of sp³-hybridized carbons (Fsp3) is 1.00. The Balaban J connectivity index is 2.12. The van der Waals surface area contributed by atoms with Crippen molar-refractivity contribution >= 4 is 0 Å². The topological polar surface area (TPSA) is 32.3 Å². The third kappa shape index (κ3) is 3.97. The van der Waals surface area contributed by atoms with E-state index < -0.39 is 0 Å². The second-order valence-electron chi connectivity index (χ2n) is 4.81. The standard InChI is InChI=1S/C12H25NO/c1-3-11(6-7-14)9-13-12-5-4-10(2)8-12/h10-14H,3-9H2,1-2H3. The number of aliphatic hydroxyl groups is 1. The maximum atomic E-state index is 8.87. The van der Waals surface area contributed by atoms with Gasteiger partial charge in [-0.2, -0.15) is 0 Å². The molecular weight excluding hydrogens is 174 g/mol. The van der Waals surface area contributed by atoms with E-state index >= 15 is 0 Å². The lowest BCUT2D eigenvalue weighted by atomic mass is 10.0. The third-order valence-corrected chi connectivity index (χ3v) is 3.50. The van der Waals surface area contributed by atoms with Crippen LogP contribution in [-0.4, -0.2) is 24.3 Å². The van der Waals surface area contributed by atoms with Crippen LogP contribution in [0.25, 0.3) is 0 Å². The first kappa shape index (κ1) is 12.0. The van der Waals surface area contributed by atoms with Gasteiger partial charge in [0.25, 0.3) is 0 Å². The summed E-state index contributed by atoms with van der Waals surface area (Å²) in [6.07, 6.45) is 6.20. The second-order valence-corrected chi connectivity index (χ2v) is 4.81. The summed E-state index contributed by atoms with van der Waals surface area (Å²) < 4.78 is 0. The molecule has 2 heteroatoms. The lowest BCUT2D eigenvalue weighted by Gasteiger charge is -2.18. The summed E-state index contributed by atoms with van der Waals surface area (Å²) in [5.74, 6) is 1.57. The average molecular weight is 199 g/mol. The van der Waals surface area contributed by atoms with Crippen LogP contribution < -0.4 is 5.32 Å². The van der Waals surface area contributed by atoms with Gasteiger partial charge < -0.3 is 10.4 Å². The summed E-state index contributed by atoms with van der Waals surface area (Å²) in [4.78, 5) is 0. The van der Waals surface area contributed by atoms with E-state index in [0.29, 0.717) is 12.5 Å². The quantitative estimate of drug-likeness (QED) is 0.687. The maximum Gasteiger partial charge on any atom is 0.0434 e. The highest BCUT2D eigenvalue weighted by Gasteiger charge is 2.21. The number of hydrogen-bond acceptors (Lipinski definition) is 2. The molecule has 3 atom stereocenters. The summed E-state index contributed by atoms with van der Waals surface area (Å²) in [7, 11) is 0. The Bertz CT molecular complexity index is 145. The van der Waals surface area contributed by atoms with Crippen molar-refractivity contribution in [3.63, 3.8) is 0 Å².